The number of rotatable bonds is 7. The Morgan fingerprint density at radius 1 is 1.35 bits per heavy atom. The summed E-state index contributed by atoms with van der Waals surface area (Å²) in [5.41, 5.74) is 1.06. The van der Waals surface area contributed by atoms with Crippen molar-refractivity contribution in [1.82, 2.24) is 0 Å². The van der Waals surface area contributed by atoms with Gasteiger partial charge in [-0.05, 0) is 54.7 Å². The minimum atomic E-state index is -0.407. The lowest BCUT2D eigenvalue weighted by atomic mass is 9.91. The molecule has 3 heterocycles. The van der Waals surface area contributed by atoms with E-state index < -0.39 is 5.63 Å². The monoisotopic (exact) mass is 370 g/mol. The molecular weight excluding hydrogens is 348 g/mol. The summed E-state index contributed by atoms with van der Waals surface area (Å²) in [4.78, 5) is 13.9. The van der Waals surface area contributed by atoms with Crippen LogP contribution in [0, 0.1) is 5.92 Å². The molecule has 0 spiro atoms. The van der Waals surface area contributed by atoms with E-state index in [1.54, 1.807) is 29.9 Å². The molecule has 1 fully saturated rings. The number of furan rings is 1. The standard InChI is InChI=1S/C21H22O4S/c1-2-14(10-13-7-8-24-12-13)17-11-16(22)20(21(23)25-17)19(15-5-6-15)18-4-3-9-26-18/h3-4,7-9,11-12,14-15,19,22H,2,5-6,10H2,1H3. The molecule has 0 aromatic carbocycles. The van der Waals surface area contributed by atoms with Crippen molar-refractivity contribution in [2.75, 3.05) is 0 Å². The Morgan fingerprint density at radius 2 is 2.19 bits per heavy atom. The Bertz CT molecular complexity index is 904. The highest BCUT2D eigenvalue weighted by atomic mass is 32.1. The molecule has 0 saturated heterocycles. The molecule has 1 aliphatic carbocycles. The third-order valence-corrected chi connectivity index (χ3v) is 6.15. The van der Waals surface area contributed by atoms with Gasteiger partial charge in [-0.15, -0.1) is 11.3 Å². The molecule has 2 unspecified atom stereocenters. The van der Waals surface area contributed by atoms with Crippen molar-refractivity contribution in [1.29, 1.82) is 0 Å². The van der Waals surface area contributed by atoms with Crippen LogP contribution < -0.4 is 5.63 Å². The van der Waals surface area contributed by atoms with Gasteiger partial charge < -0.3 is 13.9 Å². The molecule has 4 rings (SSSR count). The maximum Gasteiger partial charge on any atom is 0.343 e. The molecule has 4 nitrogen and oxygen atoms in total. The van der Waals surface area contributed by atoms with E-state index >= 15 is 0 Å². The second kappa shape index (κ2) is 7.16. The average molecular weight is 370 g/mol. The lowest BCUT2D eigenvalue weighted by Crippen LogP contribution is -2.17. The predicted molar refractivity (Wildman–Crippen MR) is 101 cm³/mol. The van der Waals surface area contributed by atoms with Gasteiger partial charge in [-0.2, -0.15) is 0 Å². The van der Waals surface area contributed by atoms with E-state index in [1.807, 2.05) is 30.5 Å². The normalized spacial score (nSPS) is 16.5. The van der Waals surface area contributed by atoms with Gasteiger partial charge in [-0.25, -0.2) is 4.79 Å². The summed E-state index contributed by atoms with van der Waals surface area (Å²) in [6.07, 6.45) is 7.03. The predicted octanol–water partition coefficient (Wildman–Crippen LogP) is 5.28. The van der Waals surface area contributed by atoms with Crippen LogP contribution in [0.25, 0.3) is 0 Å². The Hall–Kier alpha value is -2.27. The maximum atomic E-state index is 12.8. The van der Waals surface area contributed by atoms with Crippen LogP contribution in [0.15, 0.2) is 55.8 Å². The summed E-state index contributed by atoms with van der Waals surface area (Å²) in [7, 11) is 0. The lowest BCUT2D eigenvalue weighted by Gasteiger charge is -2.18. The van der Waals surface area contributed by atoms with Gasteiger partial charge in [-0.3, -0.25) is 0 Å². The molecule has 3 aromatic rings. The SMILES string of the molecule is CCC(Cc1ccoc1)c1cc(O)c(C(c2cccs2)C2CC2)c(=O)o1. The summed E-state index contributed by atoms with van der Waals surface area (Å²) >= 11 is 1.63. The number of hydrogen-bond donors (Lipinski definition) is 1. The minimum Gasteiger partial charge on any atom is -0.507 e. The van der Waals surface area contributed by atoms with E-state index in [4.69, 9.17) is 8.83 Å². The van der Waals surface area contributed by atoms with Gasteiger partial charge in [0.05, 0.1) is 18.1 Å². The summed E-state index contributed by atoms with van der Waals surface area (Å²) in [5, 5.41) is 12.7. The summed E-state index contributed by atoms with van der Waals surface area (Å²) in [6, 6.07) is 7.58. The van der Waals surface area contributed by atoms with Crippen LogP contribution in [0.5, 0.6) is 5.75 Å². The first-order valence-electron chi connectivity index (χ1n) is 9.08. The second-order valence-electron chi connectivity index (χ2n) is 7.01. The first-order chi connectivity index (χ1) is 12.7. The van der Waals surface area contributed by atoms with Crippen LogP contribution in [-0.4, -0.2) is 5.11 Å². The number of hydrogen-bond acceptors (Lipinski definition) is 5. The van der Waals surface area contributed by atoms with Crippen molar-refractivity contribution in [3.8, 4) is 5.75 Å². The summed E-state index contributed by atoms with van der Waals surface area (Å²) < 4.78 is 10.8. The van der Waals surface area contributed by atoms with Crippen LogP contribution in [0.1, 0.15) is 59.8 Å². The average Bonchev–Trinajstić information content (AvgIpc) is 3.09. The molecule has 0 aliphatic heterocycles. The van der Waals surface area contributed by atoms with E-state index in [0.717, 1.165) is 29.7 Å². The van der Waals surface area contributed by atoms with E-state index in [9.17, 15) is 9.90 Å². The molecule has 5 heteroatoms. The third-order valence-electron chi connectivity index (χ3n) is 5.20. The maximum absolute atomic E-state index is 12.8. The Labute approximate surface area is 156 Å². The summed E-state index contributed by atoms with van der Waals surface area (Å²) in [6.45, 7) is 2.05. The molecule has 26 heavy (non-hydrogen) atoms. The van der Waals surface area contributed by atoms with Crippen LogP contribution in [0.4, 0.5) is 0 Å². The van der Waals surface area contributed by atoms with Gasteiger partial charge in [0, 0.05) is 22.8 Å². The van der Waals surface area contributed by atoms with Gasteiger partial charge in [-0.1, -0.05) is 13.0 Å². The fourth-order valence-corrected chi connectivity index (χ4v) is 4.57. The molecule has 2 atom stereocenters. The number of thiophene rings is 1. The molecule has 0 radical (unpaired) electrons. The van der Waals surface area contributed by atoms with Crippen molar-refractivity contribution < 1.29 is 13.9 Å². The Kier molecular flexibility index (Phi) is 4.72. The fraction of sp³-hybridized carbons (Fsp3) is 0.381. The van der Waals surface area contributed by atoms with Gasteiger partial charge >= 0.3 is 5.63 Å². The fourth-order valence-electron chi connectivity index (χ4n) is 3.64. The van der Waals surface area contributed by atoms with Gasteiger partial charge in [0.1, 0.15) is 11.5 Å². The highest BCUT2D eigenvalue weighted by molar-refractivity contribution is 7.10. The topological polar surface area (TPSA) is 63.6 Å². The van der Waals surface area contributed by atoms with Crippen molar-refractivity contribution in [3.63, 3.8) is 0 Å². The zero-order chi connectivity index (χ0) is 18.1. The van der Waals surface area contributed by atoms with Crippen LogP contribution in [0.3, 0.4) is 0 Å². The molecular formula is C21H22O4S. The zero-order valence-electron chi connectivity index (χ0n) is 14.7. The van der Waals surface area contributed by atoms with Crippen LogP contribution >= 0.6 is 11.3 Å². The Balaban J connectivity index is 1.69. The Morgan fingerprint density at radius 3 is 2.77 bits per heavy atom. The quantitative estimate of drug-likeness (QED) is 0.615. The van der Waals surface area contributed by atoms with E-state index in [2.05, 4.69) is 0 Å². The number of aromatic hydroxyl groups is 1. The van der Waals surface area contributed by atoms with E-state index in [0.29, 0.717) is 23.7 Å². The second-order valence-corrected chi connectivity index (χ2v) is 7.99. The van der Waals surface area contributed by atoms with Crippen LogP contribution in [0.2, 0.25) is 0 Å². The summed E-state index contributed by atoms with van der Waals surface area (Å²) in [5.74, 6) is 0.990. The first kappa shape index (κ1) is 17.2. The van der Waals surface area contributed by atoms with Crippen molar-refractivity contribution in [3.05, 3.63) is 74.4 Å². The van der Waals surface area contributed by atoms with Gasteiger partial charge in [0.25, 0.3) is 0 Å². The molecule has 1 N–H and O–H groups in total. The molecule has 0 amide bonds. The third kappa shape index (κ3) is 3.36. The zero-order valence-corrected chi connectivity index (χ0v) is 15.5. The smallest absolute Gasteiger partial charge is 0.343 e. The molecule has 136 valence electrons. The van der Waals surface area contributed by atoms with E-state index in [1.165, 1.54) is 0 Å². The van der Waals surface area contributed by atoms with Crippen molar-refractivity contribution in [2.24, 2.45) is 5.92 Å². The van der Waals surface area contributed by atoms with Crippen LogP contribution in [-0.2, 0) is 6.42 Å². The highest BCUT2D eigenvalue weighted by Gasteiger charge is 2.38. The minimum absolute atomic E-state index is 0.0290. The van der Waals surface area contributed by atoms with E-state index in [-0.39, 0.29) is 17.6 Å². The molecule has 3 aromatic heterocycles. The molecule has 1 saturated carbocycles. The molecule has 1 aliphatic rings. The highest BCUT2D eigenvalue weighted by Crippen LogP contribution is 2.48. The van der Waals surface area contributed by atoms with Gasteiger partial charge in [0.15, 0.2) is 0 Å². The molecule has 0 bridgehead atoms. The lowest BCUT2D eigenvalue weighted by molar-refractivity contribution is 0.379. The van der Waals surface area contributed by atoms with Crippen molar-refractivity contribution >= 4 is 11.3 Å². The van der Waals surface area contributed by atoms with Crippen molar-refractivity contribution in [2.45, 2.75) is 44.4 Å². The first-order valence-corrected chi connectivity index (χ1v) is 9.96. The van der Waals surface area contributed by atoms with Gasteiger partial charge in [0.2, 0.25) is 0 Å². The largest absolute Gasteiger partial charge is 0.507 e.